The van der Waals surface area contributed by atoms with Crippen LogP contribution in [0.3, 0.4) is 0 Å². The molecule has 0 amide bonds. The zero-order valence-corrected chi connectivity index (χ0v) is 22.8. The molecule has 0 unspecified atom stereocenters. The van der Waals surface area contributed by atoms with E-state index in [2.05, 4.69) is 63.7 Å². The predicted molar refractivity (Wildman–Crippen MR) is 145 cm³/mol. The van der Waals surface area contributed by atoms with Crippen molar-refractivity contribution in [1.29, 1.82) is 0 Å². The molecule has 4 aromatic carbocycles. The molecule has 0 aliphatic heterocycles. The number of rotatable bonds is 5. The standard InChI is InChI=1S/C24H16Br4N2O2/c25-19-9-13(10-20(26)23(19)31-17-5-1-15(29)2-6-17)14-11-21(27)24(22(28)12-14)32-18-7-3-16(30)4-8-18/h1-12H,29-30H2. The van der Waals surface area contributed by atoms with E-state index in [1.165, 1.54) is 0 Å². The predicted octanol–water partition coefficient (Wildman–Crippen LogP) is 9.15. The van der Waals surface area contributed by atoms with Crippen molar-refractivity contribution in [3.05, 3.63) is 90.7 Å². The average Bonchev–Trinajstić information content (AvgIpc) is 2.75. The Labute approximate surface area is 219 Å². The third-order valence-corrected chi connectivity index (χ3v) is 6.89. The molecule has 0 heterocycles. The number of hydrogen-bond acceptors (Lipinski definition) is 4. The Bertz CT molecular complexity index is 1130. The fourth-order valence-corrected chi connectivity index (χ4v) is 5.65. The van der Waals surface area contributed by atoms with Gasteiger partial charge in [0.05, 0.1) is 17.9 Å². The van der Waals surface area contributed by atoms with Crippen LogP contribution >= 0.6 is 63.7 Å². The summed E-state index contributed by atoms with van der Waals surface area (Å²) in [5, 5.41) is 0. The number of halogens is 4. The van der Waals surface area contributed by atoms with E-state index in [4.69, 9.17) is 20.9 Å². The minimum absolute atomic E-state index is 0.681. The van der Waals surface area contributed by atoms with Crippen LogP contribution in [0.15, 0.2) is 90.7 Å². The topological polar surface area (TPSA) is 70.5 Å². The normalized spacial score (nSPS) is 10.8. The molecular formula is C24H16Br4N2O2. The summed E-state index contributed by atoms with van der Waals surface area (Å²) >= 11 is 14.5. The molecule has 4 nitrogen and oxygen atoms in total. The Balaban J connectivity index is 1.63. The molecule has 8 heteroatoms. The van der Waals surface area contributed by atoms with Crippen molar-refractivity contribution in [2.24, 2.45) is 0 Å². The third kappa shape index (κ3) is 5.31. The van der Waals surface area contributed by atoms with Crippen LogP contribution in [0, 0.1) is 0 Å². The highest BCUT2D eigenvalue weighted by molar-refractivity contribution is 9.11. The Morgan fingerprint density at radius 3 is 1.03 bits per heavy atom. The largest absolute Gasteiger partial charge is 0.455 e. The monoisotopic (exact) mass is 680 g/mol. The first-order valence-electron chi connectivity index (χ1n) is 9.35. The quantitative estimate of drug-likeness (QED) is 0.206. The van der Waals surface area contributed by atoms with Crippen molar-refractivity contribution < 1.29 is 9.47 Å². The SMILES string of the molecule is Nc1ccc(Oc2c(Br)cc(-c3cc(Br)c(Oc4ccc(N)cc4)c(Br)c3)cc2Br)cc1. The van der Waals surface area contributed by atoms with Crippen LogP contribution < -0.4 is 20.9 Å². The van der Waals surface area contributed by atoms with Gasteiger partial charge in [-0.25, -0.2) is 0 Å². The summed E-state index contributed by atoms with van der Waals surface area (Å²) in [6.45, 7) is 0. The molecule has 0 aliphatic carbocycles. The summed E-state index contributed by atoms with van der Waals surface area (Å²) in [6, 6.07) is 22.5. The zero-order chi connectivity index (χ0) is 22.8. The molecule has 0 bridgehead atoms. The lowest BCUT2D eigenvalue weighted by atomic mass is 10.1. The van der Waals surface area contributed by atoms with E-state index in [-0.39, 0.29) is 0 Å². The van der Waals surface area contributed by atoms with Crippen molar-refractivity contribution in [3.63, 3.8) is 0 Å². The van der Waals surface area contributed by atoms with Crippen LogP contribution in [0.5, 0.6) is 23.0 Å². The molecule has 0 aromatic heterocycles. The van der Waals surface area contributed by atoms with Crippen molar-refractivity contribution in [1.82, 2.24) is 0 Å². The summed E-state index contributed by atoms with van der Waals surface area (Å²) in [5.74, 6) is 2.76. The Morgan fingerprint density at radius 2 is 0.750 bits per heavy atom. The second-order valence-corrected chi connectivity index (χ2v) is 10.3. The Hall–Kier alpha value is -2.00. The van der Waals surface area contributed by atoms with E-state index in [9.17, 15) is 0 Å². The van der Waals surface area contributed by atoms with Gasteiger partial charge in [0, 0.05) is 11.4 Å². The van der Waals surface area contributed by atoms with Crippen molar-refractivity contribution in [3.8, 4) is 34.1 Å². The molecular weight excluding hydrogens is 668 g/mol. The smallest absolute Gasteiger partial charge is 0.155 e. The van der Waals surface area contributed by atoms with Gasteiger partial charge in [-0.05, 0) is 148 Å². The van der Waals surface area contributed by atoms with Crippen LogP contribution in [-0.2, 0) is 0 Å². The van der Waals surface area contributed by atoms with Gasteiger partial charge in [-0.15, -0.1) is 0 Å². The van der Waals surface area contributed by atoms with Crippen molar-refractivity contribution in [2.45, 2.75) is 0 Å². The van der Waals surface area contributed by atoms with Crippen LogP contribution in [0.4, 0.5) is 11.4 Å². The number of nitrogen functional groups attached to an aromatic ring is 2. The van der Waals surface area contributed by atoms with E-state index in [1.54, 1.807) is 24.3 Å². The van der Waals surface area contributed by atoms with Crippen LogP contribution in [-0.4, -0.2) is 0 Å². The maximum atomic E-state index is 6.03. The van der Waals surface area contributed by atoms with Gasteiger partial charge in [0.15, 0.2) is 11.5 Å². The molecule has 0 fully saturated rings. The van der Waals surface area contributed by atoms with Gasteiger partial charge >= 0.3 is 0 Å². The lowest BCUT2D eigenvalue weighted by Crippen LogP contribution is -1.92. The molecule has 0 saturated carbocycles. The highest BCUT2D eigenvalue weighted by Crippen LogP contribution is 2.44. The lowest BCUT2D eigenvalue weighted by Gasteiger charge is -2.15. The molecule has 0 atom stereocenters. The minimum Gasteiger partial charge on any atom is -0.455 e. The van der Waals surface area contributed by atoms with Gasteiger partial charge in [0.25, 0.3) is 0 Å². The number of anilines is 2. The maximum absolute atomic E-state index is 6.03. The first-order chi connectivity index (χ1) is 15.3. The second kappa shape index (κ2) is 9.87. The number of nitrogens with two attached hydrogens (primary N) is 2. The van der Waals surface area contributed by atoms with E-state index >= 15 is 0 Å². The summed E-state index contributed by atoms with van der Waals surface area (Å²) in [5.41, 5.74) is 14.9. The van der Waals surface area contributed by atoms with E-state index < -0.39 is 0 Å². The third-order valence-electron chi connectivity index (χ3n) is 4.53. The van der Waals surface area contributed by atoms with E-state index in [0.29, 0.717) is 34.4 Å². The fraction of sp³-hybridized carbons (Fsp3) is 0. The molecule has 32 heavy (non-hydrogen) atoms. The Morgan fingerprint density at radius 1 is 0.469 bits per heavy atom. The van der Waals surface area contributed by atoms with Gasteiger partial charge in [0.1, 0.15) is 11.5 Å². The molecule has 0 saturated heterocycles. The average molecular weight is 684 g/mol. The number of hydrogen-bond donors (Lipinski definition) is 2. The molecule has 4 rings (SSSR count). The molecule has 4 aromatic rings. The fourth-order valence-electron chi connectivity index (χ4n) is 2.96. The van der Waals surface area contributed by atoms with Gasteiger partial charge < -0.3 is 20.9 Å². The van der Waals surface area contributed by atoms with E-state index in [0.717, 1.165) is 29.0 Å². The molecule has 162 valence electrons. The minimum atomic E-state index is 0.681. The second-order valence-electron chi connectivity index (χ2n) is 6.88. The summed E-state index contributed by atoms with van der Waals surface area (Å²) < 4.78 is 15.3. The molecule has 4 N–H and O–H groups in total. The molecule has 0 radical (unpaired) electrons. The van der Waals surface area contributed by atoms with Gasteiger partial charge in [-0.3, -0.25) is 0 Å². The summed E-state index contributed by atoms with van der Waals surface area (Å²) in [6.07, 6.45) is 0. The molecule has 0 spiro atoms. The van der Waals surface area contributed by atoms with Gasteiger partial charge in [-0.2, -0.15) is 0 Å². The zero-order valence-electron chi connectivity index (χ0n) is 16.4. The summed E-state index contributed by atoms with van der Waals surface area (Å²) in [7, 11) is 0. The van der Waals surface area contributed by atoms with Gasteiger partial charge in [0.2, 0.25) is 0 Å². The van der Waals surface area contributed by atoms with Crippen molar-refractivity contribution in [2.75, 3.05) is 11.5 Å². The lowest BCUT2D eigenvalue weighted by molar-refractivity contribution is 0.476. The van der Waals surface area contributed by atoms with Crippen LogP contribution in [0.1, 0.15) is 0 Å². The Kier molecular flexibility index (Phi) is 7.14. The van der Waals surface area contributed by atoms with Gasteiger partial charge in [-0.1, -0.05) is 0 Å². The van der Waals surface area contributed by atoms with Crippen LogP contribution in [0.2, 0.25) is 0 Å². The number of ether oxygens (including phenoxy) is 2. The summed E-state index contributed by atoms with van der Waals surface area (Å²) in [4.78, 5) is 0. The molecule has 0 aliphatic rings. The highest BCUT2D eigenvalue weighted by Gasteiger charge is 2.15. The first kappa shape index (κ1) is 23.2. The first-order valence-corrected chi connectivity index (χ1v) is 12.5. The number of benzene rings is 4. The van der Waals surface area contributed by atoms with E-state index in [1.807, 2.05) is 48.5 Å². The maximum Gasteiger partial charge on any atom is 0.155 e. The van der Waals surface area contributed by atoms with Crippen molar-refractivity contribution >= 4 is 75.1 Å². The van der Waals surface area contributed by atoms with Crippen LogP contribution in [0.25, 0.3) is 11.1 Å². The highest BCUT2D eigenvalue weighted by atomic mass is 79.9.